The fourth-order valence-corrected chi connectivity index (χ4v) is 10.2. The third-order valence-electron chi connectivity index (χ3n) is 10.9. The van der Waals surface area contributed by atoms with E-state index in [1.54, 1.807) is 0 Å². The summed E-state index contributed by atoms with van der Waals surface area (Å²) in [5.41, 5.74) is 15.2. The summed E-state index contributed by atoms with van der Waals surface area (Å²) in [6.07, 6.45) is 0. The van der Waals surface area contributed by atoms with E-state index in [1.165, 1.54) is 86.6 Å². The van der Waals surface area contributed by atoms with E-state index < -0.39 is 0 Å². The van der Waals surface area contributed by atoms with Crippen molar-refractivity contribution in [1.82, 2.24) is 0 Å². The van der Waals surface area contributed by atoms with E-state index >= 15 is 0 Å². The molecule has 1 N–H and O–H groups in total. The molecule has 1 spiro atoms. The highest BCUT2D eigenvalue weighted by Gasteiger charge is 2.51. The molecule has 2 aliphatic carbocycles. The molecule has 0 saturated heterocycles. The van der Waals surface area contributed by atoms with Crippen LogP contribution in [0.15, 0.2) is 170 Å². The van der Waals surface area contributed by atoms with E-state index in [2.05, 4.69) is 175 Å². The molecule has 2 heteroatoms. The standard InChI is InChI=1S/C47H29NS/c1-2-13-29(14-3-1)38-27-30-15-4-5-16-32(30)44-37-20-12-24-43(45(37)49-46(38)44)48-31-25-26-36-35-19-8-11-23-41(35)47(42(36)28-31)39-21-9-6-17-33(39)34-18-7-10-22-40(34)47/h1-28,48H. The average molecular weight is 640 g/mol. The van der Waals surface area contributed by atoms with Crippen molar-refractivity contribution < 1.29 is 0 Å². The van der Waals surface area contributed by atoms with Crippen molar-refractivity contribution in [3.8, 4) is 33.4 Å². The Labute approximate surface area is 288 Å². The van der Waals surface area contributed by atoms with Gasteiger partial charge >= 0.3 is 0 Å². The molecule has 9 aromatic rings. The Bertz CT molecular complexity index is 2740. The molecule has 2 aliphatic rings. The van der Waals surface area contributed by atoms with Crippen LogP contribution in [0.5, 0.6) is 0 Å². The summed E-state index contributed by atoms with van der Waals surface area (Å²) < 4.78 is 2.61. The Kier molecular flexibility index (Phi) is 5.53. The second-order valence-corrected chi connectivity index (χ2v) is 14.3. The fourth-order valence-electron chi connectivity index (χ4n) is 8.91. The summed E-state index contributed by atoms with van der Waals surface area (Å²) in [6.45, 7) is 0. The zero-order chi connectivity index (χ0) is 32.1. The van der Waals surface area contributed by atoms with Gasteiger partial charge in [-0.05, 0) is 85.1 Å². The second-order valence-electron chi connectivity index (χ2n) is 13.3. The minimum absolute atomic E-state index is 0.357. The van der Waals surface area contributed by atoms with Gasteiger partial charge in [0.25, 0.3) is 0 Å². The van der Waals surface area contributed by atoms with Gasteiger partial charge in [0.05, 0.1) is 15.8 Å². The molecule has 49 heavy (non-hydrogen) atoms. The van der Waals surface area contributed by atoms with E-state index in [-0.39, 0.29) is 5.41 Å². The zero-order valence-corrected chi connectivity index (χ0v) is 27.4. The first-order valence-corrected chi connectivity index (χ1v) is 17.8. The number of thiophene rings is 1. The summed E-state index contributed by atoms with van der Waals surface area (Å²) >= 11 is 1.90. The third kappa shape index (κ3) is 3.59. The largest absolute Gasteiger partial charge is 0.354 e. The molecule has 0 unspecified atom stereocenters. The highest BCUT2D eigenvalue weighted by Crippen LogP contribution is 2.63. The number of benzene rings is 8. The van der Waals surface area contributed by atoms with Crippen molar-refractivity contribution in [3.05, 3.63) is 192 Å². The maximum Gasteiger partial charge on any atom is 0.0726 e. The number of anilines is 2. The topological polar surface area (TPSA) is 12.0 Å². The van der Waals surface area contributed by atoms with Crippen LogP contribution in [-0.2, 0) is 5.41 Å². The number of nitrogens with one attached hydrogen (secondary N) is 1. The van der Waals surface area contributed by atoms with Crippen LogP contribution in [0.1, 0.15) is 22.3 Å². The summed E-state index contributed by atoms with van der Waals surface area (Å²) in [4.78, 5) is 0. The molecule has 0 amide bonds. The van der Waals surface area contributed by atoms with E-state index in [0.717, 1.165) is 11.4 Å². The van der Waals surface area contributed by atoms with Crippen LogP contribution in [0.3, 0.4) is 0 Å². The molecule has 11 rings (SSSR count). The minimum atomic E-state index is -0.357. The molecule has 0 saturated carbocycles. The molecular formula is C47H29NS. The first-order valence-electron chi connectivity index (χ1n) is 16.9. The lowest BCUT2D eigenvalue weighted by Crippen LogP contribution is -2.25. The Morgan fingerprint density at radius 2 is 1.00 bits per heavy atom. The molecule has 0 bridgehead atoms. The molecule has 8 aromatic carbocycles. The van der Waals surface area contributed by atoms with E-state index in [1.807, 2.05) is 11.3 Å². The van der Waals surface area contributed by atoms with Crippen LogP contribution in [0.4, 0.5) is 11.4 Å². The smallest absolute Gasteiger partial charge is 0.0726 e. The highest BCUT2D eigenvalue weighted by atomic mass is 32.1. The Morgan fingerprint density at radius 1 is 0.408 bits per heavy atom. The van der Waals surface area contributed by atoms with E-state index in [0.29, 0.717) is 0 Å². The van der Waals surface area contributed by atoms with Gasteiger partial charge in [-0.1, -0.05) is 146 Å². The summed E-state index contributed by atoms with van der Waals surface area (Å²) in [5, 5.41) is 9.14. The lowest BCUT2D eigenvalue weighted by Gasteiger charge is -2.30. The van der Waals surface area contributed by atoms with E-state index in [9.17, 15) is 0 Å². The lowest BCUT2D eigenvalue weighted by atomic mass is 9.70. The number of fused-ring (bicyclic) bond motifs is 15. The SMILES string of the molecule is c1ccc(-c2cc3ccccc3c3c2sc2c(Nc4ccc5c(c4)C4(c6ccccc6-c6ccccc64)c4ccccc4-5)cccc23)cc1. The summed E-state index contributed by atoms with van der Waals surface area (Å²) in [6, 6.07) is 62.8. The average Bonchev–Trinajstić information content (AvgIpc) is 3.80. The summed E-state index contributed by atoms with van der Waals surface area (Å²) in [7, 11) is 0. The number of hydrogen-bond donors (Lipinski definition) is 1. The maximum absolute atomic E-state index is 3.94. The molecular weight excluding hydrogens is 611 g/mol. The van der Waals surface area contributed by atoms with Crippen molar-refractivity contribution in [2.45, 2.75) is 5.41 Å². The van der Waals surface area contributed by atoms with Gasteiger partial charge in [-0.15, -0.1) is 11.3 Å². The fraction of sp³-hybridized carbons (Fsp3) is 0.0213. The number of rotatable bonds is 3. The van der Waals surface area contributed by atoms with Crippen LogP contribution < -0.4 is 5.32 Å². The van der Waals surface area contributed by atoms with Crippen LogP contribution in [0.25, 0.3) is 64.3 Å². The maximum atomic E-state index is 3.94. The molecule has 228 valence electrons. The van der Waals surface area contributed by atoms with Crippen LogP contribution >= 0.6 is 11.3 Å². The van der Waals surface area contributed by atoms with Gasteiger partial charge < -0.3 is 5.32 Å². The minimum Gasteiger partial charge on any atom is -0.354 e. The second kappa shape index (κ2) is 10.0. The van der Waals surface area contributed by atoms with Crippen molar-refractivity contribution in [1.29, 1.82) is 0 Å². The molecule has 0 fully saturated rings. The zero-order valence-electron chi connectivity index (χ0n) is 26.6. The quantitative estimate of drug-likeness (QED) is 0.203. The molecule has 1 aromatic heterocycles. The monoisotopic (exact) mass is 639 g/mol. The van der Waals surface area contributed by atoms with Gasteiger partial charge in [0.15, 0.2) is 0 Å². The predicted molar refractivity (Wildman–Crippen MR) is 208 cm³/mol. The Balaban J connectivity index is 1.13. The van der Waals surface area contributed by atoms with Crippen molar-refractivity contribution in [2.75, 3.05) is 5.32 Å². The van der Waals surface area contributed by atoms with Gasteiger partial charge in [0, 0.05) is 26.7 Å². The molecule has 0 aliphatic heterocycles. The van der Waals surface area contributed by atoms with Gasteiger partial charge in [0.1, 0.15) is 0 Å². The third-order valence-corrected chi connectivity index (χ3v) is 12.1. The van der Waals surface area contributed by atoms with Crippen LogP contribution in [0, 0.1) is 0 Å². The van der Waals surface area contributed by atoms with Gasteiger partial charge in [0.2, 0.25) is 0 Å². The Morgan fingerprint density at radius 3 is 1.71 bits per heavy atom. The van der Waals surface area contributed by atoms with E-state index in [4.69, 9.17) is 0 Å². The van der Waals surface area contributed by atoms with Gasteiger partial charge in [-0.2, -0.15) is 0 Å². The van der Waals surface area contributed by atoms with Crippen LogP contribution in [0.2, 0.25) is 0 Å². The van der Waals surface area contributed by atoms with Crippen molar-refractivity contribution >= 4 is 53.7 Å². The molecule has 0 radical (unpaired) electrons. The van der Waals surface area contributed by atoms with Gasteiger partial charge in [-0.3, -0.25) is 0 Å². The van der Waals surface area contributed by atoms with Crippen LogP contribution in [-0.4, -0.2) is 0 Å². The highest BCUT2D eigenvalue weighted by molar-refractivity contribution is 7.27. The Hall–Kier alpha value is -5.96. The predicted octanol–water partition coefficient (Wildman–Crippen LogP) is 13.0. The van der Waals surface area contributed by atoms with Gasteiger partial charge in [-0.25, -0.2) is 0 Å². The first kappa shape index (κ1) is 27.0. The van der Waals surface area contributed by atoms with Crippen molar-refractivity contribution in [2.24, 2.45) is 0 Å². The lowest BCUT2D eigenvalue weighted by molar-refractivity contribution is 0.794. The molecule has 0 atom stereocenters. The molecule has 1 heterocycles. The number of hydrogen-bond acceptors (Lipinski definition) is 2. The first-order chi connectivity index (χ1) is 24.3. The van der Waals surface area contributed by atoms with Crippen molar-refractivity contribution in [3.63, 3.8) is 0 Å². The molecule has 1 nitrogen and oxygen atoms in total. The summed E-state index contributed by atoms with van der Waals surface area (Å²) in [5.74, 6) is 0. The normalized spacial score (nSPS) is 13.5.